The Morgan fingerprint density at radius 2 is 2.07 bits per heavy atom. The first-order valence-electron chi connectivity index (χ1n) is 9.37. The number of nitrogens with zero attached hydrogens (tertiary/aromatic N) is 6. The Kier molecular flexibility index (Phi) is 4.43. The summed E-state index contributed by atoms with van der Waals surface area (Å²) in [6.45, 7) is 4.09. The van der Waals surface area contributed by atoms with Gasteiger partial charge in [0.2, 0.25) is 0 Å². The molecular formula is C19H22N6O2. The van der Waals surface area contributed by atoms with Gasteiger partial charge < -0.3 is 14.4 Å². The van der Waals surface area contributed by atoms with Gasteiger partial charge in [0.05, 0.1) is 19.3 Å². The third-order valence-corrected chi connectivity index (χ3v) is 5.56. The van der Waals surface area contributed by atoms with Crippen molar-refractivity contribution in [2.24, 2.45) is 11.8 Å². The summed E-state index contributed by atoms with van der Waals surface area (Å²) < 4.78 is 13.6. The predicted molar refractivity (Wildman–Crippen MR) is 98.2 cm³/mol. The molecule has 3 aromatic heterocycles. The summed E-state index contributed by atoms with van der Waals surface area (Å²) in [4.78, 5) is 6.33. The zero-order chi connectivity index (χ0) is 18.1. The highest BCUT2D eigenvalue weighted by Gasteiger charge is 2.43. The average molecular weight is 366 g/mol. The second kappa shape index (κ2) is 7.21. The molecule has 0 saturated carbocycles. The van der Waals surface area contributed by atoms with Crippen molar-refractivity contribution < 1.29 is 9.47 Å². The summed E-state index contributed by atoms with van der Waals surface area (Å²) in [5.74, 6) is 2.03. The van der Waals surface area contributed by atoms with Crippen molar-refractivity contribution in [1.29, 1.82) is 0 Å². The molecule has 0 N–H and O–H groups in total. The van der Waals surface area contributed by atoms with E-state index in [1.807, 2.05) is 24.3 Å². The van der Waals surface area contributed by atoms with E-state index in [9.17, 15) is 0 Å². The molecule has 5 rings (SSSR count). The highest BCUT2D eigenvalue weighted by atomic mass is 16.5. The summed E-state index contributed by atoms with van der Waals surface area (Å²) in [6.07, 6.45) is 6.54. The van der Waals surface area contributed by atoms with Crippen LogP contribution in [0.2, 0.25) is 0 Å². The molecule has 0 aliphatic carbocycles. The molecule has 0 spiro atoms. The Balaban J connectivity index is 1.16. The fourth-order valence-corrected chi connectivity index (χ4v) is 4.07. The van der Waals surface area contributed by atoms with E-state index in [1.165, 1.54) is 0 Å². The van der Waals surface area contributed by atoms with Crippen LogP contribution in [0.1, 0.15) is 12.0 Å². The van der Waals surface area contributed by atoms with E-state index in [0.717, 1.165) is 49.8 Å². The molecule has 27 heavy (non-hydrogen) atoms. The van der Waals surface area contributed by atoms with Crippen LogP contribution in [0.4, 0.5) is 5.82 Å². The van der Waals surface area contributed by atoms with Crippen molar-refractivity contribution in [3.05, 3.63) is 48.5 Å². The number of fused-ring (bicyclic) bond motifs is 2. The van der Waals surface area contributed by atoms with Gasteiger partial charge in [0.15, 0.2) is 5.65 Å². The lowest BCUT2D eigenvalue weighted by atomic mass is 9.91. The molecule has 0 aromatic carbocycles. The molecule has 2 aliphatic heterocycles. The van der Waals surface area contributed by atoms with E-state index in [1.54, 1.807) is 23.2 Å². The van der Waals surface area contributed by atoms with E-state index >= 15 is 0 Å². The zero-order valence-corrected chi connectivity index (χ0v) is 15.0. The molecular weight excluding hydrogens is 344 g/mol. The van der Waals surface area contributed by atoms with Crippen LogP contribution in [-0.4, -0.2) is 57.2 Å². The molecule has 8 nitrogen and oxygen atoms in total. The van der Waals surface area contributed by atoms with Crippen LogP contribution in [0.25, 0.3) is 5.65 Å². The largest absolute Gasteiger partial charge is 0.377 e. The van der Waals surface area contributed by atoms with Crippen molar-refractivity contribution >= 4 is 11.5 Å². The van der Waals surface area contributed by atoms with Gasteiger partial charge in [-0.1, -0.05) is 0 Å². The number of hydrogen-bond donors (Lipinski definition) is 0. The minimum atomic E-state index is 0.286. The van der Waals surface area contributed by atoms with Crippen LogP contribution in [0.15, 0.2) is 43.0 Å². The summed E-state index contributed by atoms with van der Waals surface area (Å²) in [6, 6.07) is 7.94. The molecule has 2 saturated heterocycles. The van der Waals surface area contributed by atoms with E-state index in [4.69, 9.17) is 9.47 Å². The van der Waals surface area contributed by atoms with E-state index in [0.29, 0.717) is 18.4 Å². The third-order valence-electron chi connectivity index (χ3n) is 5.56. The van der Waals surface area contributed by atoms with Crippen LogP contribution in [0.5, 0.6) is 0 Å². The molecule has 0 bridgehead atoms. The lowest BCUT2D eigenvalue weighted by Gasteiger charge is -2.20. The van der Waals surface area contributed by atoms with E-state index < -0.39 is 0 Å². The van der Waals surface area contributed by atoms with Gasteiger partial charge in [-0.15, -0.1) is 15.3 Å². The molecule has 0 radical (unpaired) electrons. The maximum Gasteiger partial charge on any atom is 0.177 e. The van der Waals surface area contributed by atoms with E-state index in [-0.39, 0.29) is 6.10 Å². The van der Waals surface area contributed by atoms with Crippen molar-refractivity contribution in [3.63, 3.8) is 0 Å². The van der Waals surface area contributed by atoms with Gasteiger partial charge in [-0.2, -0.15) is 4.52 Å². The summed E-state index contributed by atoms with van der Waals surface area (Å²) in [7, 11) is 0. The second-order valence-electron chi connectivity index (χ2n) is 7.22. The van der Waals surface area contributed by atoms with Gasteiger partial charge in [-0.25, -0.2) is 0 Å². The molecule has 0 amide bonds. The Morgan fingerprint density at radius 1 is 1.15 bits per heavy atom. The molecule has 0 unspecified atom stereocenters. The van der Waals surface area contributed by atoms with Crippen molar-refractivity contribution in [2.45, 2.75) is 19.1 Å². The lowest BCUT2D eigenvalue weighted by Crippen LogP contribution is -2.25. The van der Waals surface area contributed by atoms with Crippen molar-refractivity contribution in [2.75, 3.05) is 31.2 Å². The Bertz CT molecular complexity index is 901. The first-order valence-corrected chi connectivity index (χ1v) is 9.37. The smallest absolute Gasteiger partial charge is 0.177 e. The number of aromatic nitrogens is 5. The molecule has 2 aliphatic rings. The lowest BCUT2D eigenvalue weighted by molar-refractivity contribution is 0.0940. The quantitative estimate of drug-likeness (QED) is 0.613. The molecule has 3 aromatic rings. The standard InChI is InChI=1S/C19H22N6O2/c1-2-19(23-25-13-21-22-18(1)25)24-9-16-15(12-27-17(16)10-24)5-8-26-11-14-3-6-20-7-4-14/h1-4,6-7,13,15-17H,5,8-12H2/t15-,16-,17-/m0/s1. The Labute approximate surface area is 157 Å². The maximum absolute atomic E-state index is 6.06. The van der Waals surface area contributed by atoms with Crippen LogP contribution < -0.4 is 4.90 Å². The number of rotatable bonds is 6. The summed E-state index contributed by atoms with van der Waals surface area (Å²) in [5.41, 5.74) is 1.92. The van der Waals surface area contributed by atoms with Gasteiger partial charge >= 0.3 is 0 Å². The van der Waals surface area contributed by atoms with Gasteiger partial charge in [0.1, 0.15) is 12.1 Å². The van der Waals surface area contributed by atoms with Crippen molar-refractivity contribution in [3.8, 4) is 0 Å². The first kappa shape index (κ1) is 16.6. The highest BCUT2D eigenvalue weighted by molar-refractivity contribution is 5.46. The van der Waals surface area contributed by atoms with Crippen molar-refractivity contribution in [1.82, 2.24) is 24.8 Å². The fraction of sp³-hybridized carbons (Fsp3) is 0.474. The summed E-state index contributed by atoms with van der Waals surface area (Å²) in [5, 5.41) is 12.5. The van der Waals surface area contributed by atoms with Gasteiger partial charge in [-0.3, -0.25) is 4.98 Å². The van der Waals surface area contributed by atoms with Crippen LogP contribution in [-0.2, 0) is 16.1 Å². The number of anilines is 1. The van der Waals surface area contributed by atoms with Gasteiger partial charge in [-0.05, 0) is 42.2 Å². The molecule has 8 heteroatoms. The van der Waals surface area contributed by atoms with E-state index in [2.05, 4.69) is 25.2 Å². The maximum atomic E-state index is 6.06. The molecule has 3 atom stereocenters. The molecule has 140 valence electrons. The molecule has 5 heterocycles. The number of hydrogen-bond acceptors (Lipinski definition) is 7. The first-order chi connectivity index (χ1) is 13.4. The Hall–Kier alpha value is -2.58. The highest BCUT2D eigenvalue weighted by Crippen LogP contribution is 2.37. The summed E-state index contributed by atoms with van der Waals surface area (Å²) >= 11 is 0. The van der Waals surface area contributed by atoms with Crippen LogP contribution >= 0.6 is 0 Å². The number of ether oxygens (including phenoxy) is 2. The van der Waals surface area contributed by atoms with Crippen LogP contribution in [0.3, 0.4) is 0 Å². The topological polar surface area (TPSA) is 77.7 Å². The zero-order valence-electron chi connectivity index (χ0n) is 15.0. The second-order valence-corrected chi connectivity index (χ2v) is 7.22. The third kappa shape index (κ3) is 3.38. The predicted octanol–water partition coefficient (Wildman–Crippen LogP) is 1.58. The normalized spacial score (nSPS) is 24.6. The minimum absolute atomic E-state index is 0.286. The monoisotopic (exact) mass is 366 g/mol. The van der Waals surface area contributed by atoms with Gasteiger partial charge in [0.25, 0.3) is 0 Å². The Morgan fingerprint density at radius 3 is 3.00 bits per heavy atom. The molecule has 2 fully saturated rings. The fourth-order valence-electron chi connectivity index (χ4n) is 4.07. The number of pyridine rings is 1. The van der Waals surface area contributed by atoms with Crippen LogP contribution in [0, 0.1) is 11.8 Å². The average Bonchev–Trinajstić information content (AvgIpc) is 3.41. The van der Waals surface area contributed by atoms with Gasteiger partial charge in [0, 0.05) is 38.0 Å². The minimum Gasteiger partial charge on any atom is -0.377 e. The SMILES string of the molecule is c1cc(COCC[C@H]2CO[C@H]3CN(c4ccc5nncn5n4)C[C@@H]23)ccn1.